The third kappa shape index (κ3) is 3.42. The van der Waals surface area contributed by atoms with Crippen LogP contribution in [0.3, 0.4) is 0 Å². The first-order valence-corrected chi connectivity index (χ1v) is 10.8. The van der Waals surface area contributed by atoms with E-state index in [1.54, 1.807) is 13.0 Å². The summed E-state index contributed by atoms with van der Waals surface area (Å²) in [4.78, 5) is 0. The Hall–Kier alpha value is -2.07. The smallest absolute Gasteiger partial charge is 0.225 e. The molecule has 32 heavy (non-hydrogen) atoms. The fraction of sp³-hybridized carbons (Fsp3) is 0.500. The van der Waals surface area contributed by atoms with Crippen LogP contribution in [0.25, 0.3) is 0 Å². The van der Waals surface area contributed by atoms with Crippen LogP contribution >= 0.6 is 0 Å². The molecule has 172 valence electrons. The van der Waals surface area contributed by atoms with Gasteiger partial charge in [-0.25, -0.2) is 4.39 Å². The van der Waals surface area contributed by atoms with Gasteiger partial charge in [0.2, 0.25) is 5.79 Å². The number of aliphatic hydroxyl groups is 3. The molecule has 3 heterocycles. The van der Waals surface area contributed by atoms with Gasteiger partial charge in [-0.3, -0.25) is 0 Å². The van der Waals surface area contributed by atoms with Crippen molar-refractivity contribution in [2.24, 2.45) is 5.92 Å². The van der Waals surface area contributed by atoms with Crippen molar-refractivity contribution >= 4 is 0 Å². The van der Waals surface area contributed by atoms with Gasteiger partial charge in [-0.2, -0.15) is 0 Å². The second-order valence-electron chi connectivity index (χ2n) is 8.91. The Labute approximate surface area is 185 Å². The molecule has 0 unspecified atom stereocenters. The number of rotatable bonds is 6. The van der Waals surface area contributed by atoms with E-state index in [1.807, 2.05) is 24.3 Å². The van der Waals surface area contributed by atoms with Gasteiger partial charge < -0.3 is 34.3 Å². The van der Waals surface area contributed by atoms with E-state index in [4.69, 9.17) is 18.9 Å². The molecule has 2 aromatic carbocycles. The van der Waals surface area contributed by atoms with E-state index in [-0.39, 0.29) is 19.3 Å². The summed E-state index contributed by atoms with van der Waals surface area (Å²) in [5, 5.41) is 31.4. The Balaban J connectivity index is 1.40. The summed E-state index contributed by atoms with van der Waals surface area (Å²) in [6, 6.07) is 11.8. The molecular formula is C24H27FO7. The zero-order chi connectivity index (χ0) is 22.5. The van der Waals surface area contributed by atoms with Crippen molar-refractivity contribution in [3.05, 3.63) is 65.0 Å². The lowest BCUT2D eigenvalue weighted by Crippen LogP contribution is -2.61. The Bertz CT molecular complexity index is 979. The van der Waals surface area contributed by atoms with Gasteiger partial charge in [-0.1, -0.05) is 25.1 Å². The number of hydrogen-bond acceptors (Lipinski definition) is 7. The molecule has 0 aliphatic carbocycles. The number of ether oxygens (including phenoxy) is 4. The number of benzene rings is 2. The summed E-state index contributed by atoms with van der Waals surface area (Å²) in [6.07, 6.45) is -2.17. The fourth-order valence-electron chi connectivity index (χ4n) is 4.61. The molecule has 7 nitrogen and oxygen atoms in total. The van der Waals surface area contributed by atoms with Crippen LogP contribution in [-0.4, -0.2) is 65.7 Å². The molecule has 0 aromatic heterocycles. The summed E-state index contributed by atoms with van der Waals surface area (Å²) in [5.41, 5.74) is 0.542. The number of halogens is 1. The molecule has 8 heteroatoms. The standard InChI is InChI=1S/C24H27FO7/c1-14-21(27)22(28)24(30-13-23(14,12-26)32-24)17-4-7-20(25)16(9-17)8-15-2-5-18(6-3-15)31-19-10-29-11-19/h2-7,9,14,19,21-22,26-28H,8,10-13H2,1H3/t14-,21-,22+,23-,24-/m0/s1. The summed E-state index contributed by atoms with van der Waals surface area (Å²) in [6.45, 7) is 2.52. The largest absolute Gasteiger partial charge is 0.486 e. The van der Waals surface area contributed by atoms with E-state index in [1.165, 1.54) is 12.1 Å². The van der Waals surface area contributed by atoms with Crippen LogP contribution in [0.5, 0.6) is 5.75 Å². The van der Waals surface area contributed by atoms with Crippen molar-refractivity contribution < 1.29 is 38.7 Å². The molecule has 3 N–H and O–H groups in total. The first kappa shape index (κ1) is 21.8. The third-order valence-corrected chi connectivity index (χ3v) is 6.88. The van der Waals surface area contributed by atoms with Crippen LogP contribution in [-0.2, 0) is 26.4 Å². The molecule has 2 bridgehead atoms. The Morgan fingerprint density at radius 1 is 1.12 bits per heavy atom. The van der Waals surface area contributed by atoms with Crippen LogP contribution < -0.4 is 4.74 Å². The minimum absolute atomic E-state index is 0.0129. The maximum absolute atomic E-state index is 14.7. The van der Waals surface area contributed by atoms with E-state index < -0.39 is 35.3 Å². The maximum atomic E-state index is 14.7. The minimum Gasteiger partial charge on any atom is -0.486 e. The molecule has 5 rings (SSSR count). The number of hydrogen-bond donors (Lipinski definition) is 3. The van der Waals surface area contributed by atoms with Gasteiger partial charge in [0, 0.05) is 17.9 Å². The molecule has 5 atom stereocenters. The summed E-state index contributed by atoms with van der Waals surface area (Å²) >= 11 is 0. The van der Waals surface area contributed by atoms with Crippen molar-refractivity contribution in [1.82, 2.24) is 0 Å². The lowest BCUT2D eigenvalue weighted by molar-refractivity contribution is -0.318. The fourth-order valence-corrected chi connectivity index (χ4v) is 4.61. The number of fused-ring (bicyclic) bond motifs is 2. The summed E-state index contributed by atoms with van der Waals surface area (Å²) in [7, 11) is 0. The summed E-state index contributed by atoms with van der Waals surface area (Å²) < 4.78 is 37.5. The van der Waals surface area contributed by atoms with Gasteiger partial charge in [0.1, 0.15) is 29.4 Å². The van der Waals surface area contributed by atoms with Crippen molar-refractivity contribution in [1.29, 1.82) is 0 Å². The van der Waals surface area contributed by atoms with Crippen LogP contribution in [0.2, 0.25) is 0 Å². The average Bonchev–Trinajstić information content (AvgIpc) is 3.16. The zero-order valence-corrected chi connectivity index (χ0v) is 17.7. The predicted octanol–water partition coefficient (Wildman–Crippen LogP) is 1.50. The van der Waals surface area contributed by atoms with Crippen molar-refractivity contribution in [2.45, 2.75) is 43.0 Å². The Morgan fingerprint density at radius 3 is 2.53 bits per heavy atom. The highest BCUT2D eigenvalue weighted by atomic mass is 19.1. The molecule has 0 radical (unpaired) electrons. The maximum Gasteiger partial charge on any atom is 0.225 e. The highest BCUT2D eigenvalue weighted by molar-refractivity contribution is 5.36. The topological polar surface area (TPSA) is 97.6 Å². The van der Waals surface area contributed by atoms with Crippen molar-refractivity contribution in [2.75, 3.05) is 26.4 Å². The monoisotopic (exact) mass is 446 g/mol. The molecule has 0 amide bonds. The third-order valence-electron chi connectivity index (χ3n) is 6.88. The van der Waals surface area contributed by atoms with Crippen LogP contribution in [0, 0.1) is 11.7 Å². The van der Waals surface area contributed by atoms with Gasteiger partial charge in [-0.15, -0.1) is 0 Å². The molecule has 0 spiro atoms. The average molecular weight is 446 g/mol. The molecule has 2 aromatic rings. The van der Waals surface area contributed by atoms with Gasteiger partial charge in [0.25, 0.3) is 0 Å². The van der Waals surface area contributed by atoms with Gasteiger partial charge >= 0.3 is 0 Å². The highest BCUT2D eigenvalue weighted by Gasteiger charge is 2.65. The van der Waals surface area contributed by atoms with E-state index in [0.717, 1.165) is 11.3 Å². The second-order valence-corrected chi connectivity index (χ2v) is 8.91. The lowest BCUT2D eigenvalue weighted by Gasteiger charge is -2.47. The van der Waals surface area contributed by atoms with E-state index in [0.29, 0.717) is 30.8 Å². The van der Waals surface area contributed by atoms with E-state index >= 15 is 0 Å². The van der Waals surface area contributed by atoms with Crippen molar-refractivity contribution in [3.8, 4) is 5.75 Å². The molecule has 3 aliphatic heterocycles. The van der Waals surface area contributed by atoms with Gasteiger partial charge in [0.05, 0.1) is 32.5 Å². The first-order chi connectivity index (χ1) is 15.4. The quantitative estimate of drug-likeness (QED) is 0.619. The first-order valence-electron chi connectivity index (χ1n) is 10.8. The lowest BCUT2D eigenvalue weighted by atomic mass is 9.78. The predicted molar refractivity (Wildman–Crippen MR) is 111 cm³/mol. The van der Waals surface area contributed by atoms with Crippen LogP contribution in [0.4, 0.5) is 4.39 Å². The normalized spacial score (nSPS) is 34.3. The molecule has 0 saturated carbocycles. The molecule has 3 fully saturated rings. The molecule has 3 saturated heterocycles. The minimum atomic E-state index is -1.67. The Kier molecular flexibility index (Phi) is 5.48. The zero-order valence-electron chi connectivity index (χ0n) is 17.7. The highest BCUT2D eigenvalue weighted by Crippen LogP contribution is 2.51. The number of aliphatic hydroxyl groups excluding tert-OH is 3. The molecular weight excluding hydrogens is 419 g/mol. The second kappa shape index (κ2) is 8.06. The Morgan fingerprint density at radius 2 is 1.88 bits per heavy atom. The van der Waals surface area contributed by atoms with E-state index in [2.05, 4.69) is 0 Å². The van der Waals surface area contributed by atoms with Gasteiger partial charge in [-0.05, 0) is 35.4 Å². The van der Waals surface area contributed by atoms with Crippen LogP contribution in [0.15, 0.2) is 42.5 Å². The van der Waals surface area contributed by atoms with Gasteiger partial charge in [0.15, 0.2) is 0 Å². The summed E-state index contributed by atoms with van der Waals surface area (Å²) in [5.74, 6) is -1.87. The SMILES string of the molecule is C[C@H]1[C@H](O)[C@@H](O)[C@@]2(c3ccc(F)c(Cc4ccc(OC5COC5)cc4)c3)OC[C@]1(CO)O2. The van der Waals surface area contributed by atoms with Crippen molar-refractivity contribution in [3.63, 3.8) is 0 Å². The van der Waals surface area contributed by atoms with E-state index in [9.17, 15) is 19.7 Å². The molecule has 3 aliphatic rings. The van der Waals surface area contributed by atoms with Crippen LogP contribution in [0.1, 0.15) is 23.6 Å².